The lowest BCUT2D eigenvalue weighted by Gasteiger charge is -2.08. The number of hydrogen-bond donors (Lipinski definition) is 1. The number of nitrogens with one attached hydrogen (secondary N) is 1. The Morgan fingerprint density at radius 1 is 0.962 bits per heavy atom. The average Bonchev–Trinajstić information content (AvgIpc) is 2.72. The summed E-state index contributed by atoms with van der Waals surface area (Å²) in [6.45, 7) is 6.28. The molecule has 0 aliphatic heterocycles. The minimum atomic E-state index is 0.541. The first-order valence-corrected chi connectivity index (χ1v) is 8.54. The van der Waals surface area contributed by atoms with E-state index >= 15 is 0 Å². The molecule has 3 nitrogen and oxygen atoms in total. The molecule has 3 aromatic carbocycles. The van der Waals surface area contributed by atoms with E-state index in [1.807, 2.05) is 79.7 Å². The molecule has 3 heteroatoms. The largest absolute Gasteiger partial charge is 0.489 e. The molecule has 26 heavy (non-hydrogen) atoms. The van der Waals surface area contributed by atoms with Gasteiger partial charge in [-0.3, -0.25) is 5.43 Å². The van der Waals surface area contributed by atoms with Crippen LogP contribution in [0.4, 0.5) is 5.69 Å². The molecule has 0 fully saturated rings. The maximum absolute atomic E-state index is 5.85. The van der Waals surface area contributed by atoms with Gasteiger partial charge in [-0.25, -0.2) is 0 Å². The first kappa shape index (κ1) is 17.5. The van der Waals surface area contributed by atoms with Gasteiger partial charge in [0, 0.05) is 0 Å². The van der Waals surface area contributed by atoms with Gasteiger partial charge < -0.3 is 4.74 Å². The SMILES string of the molecule is C=Cc1ccc(COc2ccc(/C(C)=N/Nc3ccccc3)cc2)cc1. The standard InChI is InChI=1S/C23H22N2O/c1-3-19-9-11-20(12-10-19)17-26-23-15-13-21(14-16-23)18(2)24-25-22-7-5-4-6-8-22/h3-16,25H,1,17H2,2H3/b24-18+. The predicted octanol–water partition coefficient (Wildman–Crippen LogP) is 5.74. The highest BCUT2D eigenvalue weighted by molar-refractivity contribution is 5.99. The van der Waals surface area contributed by atoms with Crippen LogP contribution in [0.3, 0.4) is 0 Å². The molecular formula is C23H22N2O. The van der Waals surface area contributed by atoms with Gasteiger partial charge in [-0.05, 0) is 60.0 Å². The van der Waals surface area contributed by atoms with Gasteiger partial charge >= 0.3 is 0 Å². The van der Waals surface area contributed by atoms with E-state index in [1.54, 1.807) is 0 Å². The fraction of sp³-hybridized carbons (Fsp3) is 0.0870. The van der Waals surface area contributed by atoms with Crippen molar-refractivity contribution in [3.05, 3.63) is 102 Å². The molecule has 0 aliphatic rings. The summed E-state index contributed by atoms with van der Waals surface area (Å²) in [7, 11) is 0. The van der Waals surface area contributed by atoms with Crippen molar-refractivity contribution in [1.29, 1.82) is 0 Å². The van der Waals surface area contributed by atoms with Crippen LogP contribution in [-0.2, 0) is 6.61 Å². The van der Waals surface area contributed by atoms with Crippen molar-refractivity contribution in [2.45, 2.75) is 13.5 Å². The van der Waals surface area contributed by atoms with E-state index in [-0.39, 0.29) is 0 Å². The number of para-hydroxylation sites is 1. The molecule has 0 amide bonds. The summed E-state index contributed by atoms with van der Waals surface area (Å²) in [5.74, 6) is 0.838. The number of rotatable bonds is 7. The van der Waals surface area contributed by atoms with Crippen LogP contribution in [0.15, 0.2) is 90.5 Å². The predicted molar refractivity (Wildman–Crippen MR) is 110 cm³/mol. The summed E-state index contributed by atoms with van der Waals surface area (Å²) in [6.07, 6.45) is 1.83. The van der Waals surface area contributed by atoms with Gasteiger partial charge in [0.15, 0.2) is 0 Å². The molecule has 0 unspecified atom stereocenters. The van der Waals surface area contributed by atoms with Gasteiger partial charge in [0.2, 0.25) is 0 Å². The number of anilines is 1. The van der Waals surface area contributed by atoms with Gasteiger partial charge in [0.05, 0.1) is 11.4 Å². The van der Waals surface area contributed by atoms with E-state index in [1.165, 1.54) is 0 Å². The summed E-state index contributed by atoms with van der Waals surface area (Å²) >= 11 is 0. The summed E-state index contributed by atoms with van der Waals surface area (Å²) in [6, 6.07) is 26.0. The zero-order chi connectivity index (χ0) is 18.2. The lowest BCUT2D eigenvalue weighted by atomic mass is 10.1. The Balaban J connectivity index is 1.57. The minimum absolute atomic E-state index is 0.541. The van der Waals surface area contributed by atoms with Gasteiger partial charge in [0.25, 0.3) is 0 Å². The molecule has 0 saturated carbocycles. The second-order valence-electron chi connectivity index (χ2n) is 5.93. The van der Waals surface area contributed by atoms with E-state index in [4.69, 9.17) is 4.74 Å². The number of hydrogen-bond acceptors (Lipinski definition) is 3. The van der Waals surface area contributed by atoms with Gasteiger partial charge in [-0.2, -0.15) is 5.10 Å². The zero-order valence-electron chi connectivity index (χ0n) is 14.9. The van der Waals surface area contributed by atoms with Crippen LogP contribution >= 0.6 is 0 Å². The van der Waals surface area contributed by atoms with E-state index in [0.29, 0.717) is 6.61 Å². The number of benzene rings is 3. The van der Waals surface area contributed by atoms with Crippen molar-refractivity contribution in [2.75, 3.05) is 5.43 Å². The van der Waals surface area contributed by atoms with Crippen molar-refractivity contribution in [3.8, 4) is 5.75 Å². The van der Waals surface area contributed by atoms with Crippen molar-refractivity contribution in [2.24, 2.45) is 5.10 Å². The van der Waals surface area contributed by atoms with Crippen LogP contribution < -0.4 is 10.2 Å². The second-order valence-corrected chi connectivity index (χ2v) is 5.93. The van der Waals surface area contributed by atoms with Crippen LogP contribution in [0.2, 0.25) is 0 Å². The van der Waals surface area contributed by atoms with Gasteiger partial charge in [0.1, 0.15) is 12.4 Å². The number of ether oxygens (including phenoxy) is 1. The summed E-state index contributed by atoms with van der Waals surface area (Å²) in [5.41, 5.74) is 8.24. The molecule has 1 N–H and O–H groups in total. The van der Waals surface area contributed by atoms with Crippen molar-refractivity contribution < 1.29 is 4.74 Å². The maximum atomic E-state index is 5.85. The summed E-state index contributed by atoms with van der Waals surface area (Å²) < 4.78 is 5.85. The van der Waals surface area contributed by atoms with Crippen LogP contribution in [0, 0.1) is 0 Å². The Bertz CT molecular complexity index is 866. The lowest BCUT2D eigenvalue weighted by Crippen LogP contribution is -2.00. The molecule has 0 atom stereocenters. The first-order chi connectivity index (χ1) is 12.7. The fourth-order valence-electron chi connectivity index (χ4n) is 2.43. The Labute approximate surface area is 154 Å². The summed E-state index contributed by atoms with van der Waals surface area (Å²) in [5, 5.41) is 4.42. The topological polar surface area (TPSA) is 33.6 Å². The Morgan fingerprint density at radius 3 is 2.31 bits per heavy atom. The zero-order valence-corrected chi connectivity index (χ0v) is 14.9. The van der Waals surface area contributed by atoms with Crippen molar-refractivity contribution >= 4 is 17.5 Å². The molecule has 3 aromatic rings. The fourth-order valence-corrected chi connectivity index (χ4v) is 2.43. The Kier molecular flexibility index (Phi) is 5.84. The van der Waals surface area contributed by atoms with E-state index in [2.05, 4.69) is 29.2 Å². The van der Waals surface area contributed by atoms with Crippen LogP contribution in [-0.4, -0.2) is 5.71 Å². The molecule has 0 aliphatic carbocycles. The molecule has 130 valence electrons. The third-order valence-corrected chi connectivity index (χ3v) is 4.02. The summed E-state index contributed by atoms with van der Waals surface area (Å²) in [4.78, 5) is 0. The minimum Gasteiger partial charge on any atom is -0.489 e. The normalized spacial score (nSPS) is 11.0. The molecular weight excluding hydrogens is 320 g/mol. The monoisotopic (exact) mass is 342 g/mol. The van der Waals surface area contributed by atoms with Crippen LogP contribution in [0.1, 0.15) is 23.6 Å². The maximum Gasteiger partial charge on any atom is 0.119 e. The molecule has 3 rings (SSSR count). The first-order valence-electron chi connectivity index (χ1n) is 8.54. The molecule has 0 bridgehead atoms. The number of hydrazone groups is 1. The molecule has 0 aromatic heterocycles. The third-order valence-electron chi connectivity index (χ3n) is 4.02. The Hall–Kier alpha value is -3.33. The van der Waals surface area contributed by atoms with Crippen molar-refractivity contribution in [3.63, 3.8) is 0 Å². The van der Waals surface area contributed by atoms with E-state index < -0.39 is 0 Å². The highest BCUT2D eigenvalue weighted by Gasteiger charge is 2.00. The van der Waals surface area contributed by atoms with Gasteiger partial charge in [-0.1, -0.05) is 55.1 Å². The molecule has 0 spiro atoms. The smallest absolute Gasteiger partial charge is 0.119 e. The third kappa shape index (κ3) is 4.84. The molecule has 0 saturated heterocycles. The lowest BCUT2D eigenvalue weighted by molar-refractivity contribution is 0.306. The highest BCUT2D eigenvalue weighted by Crippen LogP contribution is 2.16. The van der Waals surface area contributed by atoms with Gasteiger partial charge in [-0.15, -0.1) is 0 Å². The second kappa shape index (κ2) is 8.67. The van der Waals surface area contributed by atoms with Crippen LogP contribution in [0.5, 0.6) is 5.75 Å². The van der Waals surface area contributed by atoms with E-state index in [9.17, 15) is 0 Å². The number of nitrogens with zero attached hydrogens (tertiary/aromatic N) is 1. The quantitative estimate of drug-likeness (QED) is 0.438. The molecule has 0 radical (unpaired) electrons. The average molecular weight is 342 g/mol. The highest BCUT2D eigenvalue weighted by atomic mass is 16.5. The van der Waals surface area contributed by atoms with Crippen LogP contribution in [0.25, 0.3) is 6.08 Å². The Morgan fingerprint density at radius 2 is 1.65 bits per heavy atom. The van der Waals surface area contributed by atoms with Crippen molar-refractivity contribution in [1.82, 2.24) is 0 Å². The van der Waals surface area contributed by atoms with E-state index in [0.717, 1.165) is 33.8 Å². The molecule has 0 heterocycles.